The number of hydrogen-bond acceptors (Lipinski definition) is 18. The van der Waals surface area contributed by atoms with E-state index in [1.807, 2.05) is 32.1 Å². The molecule has 0 fully saturated rings. The summed E-state index contributed by atoms with van der Waals surface area (Å²) in [6, 6.07) is 42.0. The van der Waals surface area contributed by atoms with Crippen LogP contribution < -0.4 is 37.7 Å². The fraction of sp³-hybridized carbons (Fsp3) is 0.0588. The number of ether oxygens (including phenoxy) is 1. The number of aromatic hydroxyl groups is 1. The Kier molecular flexibility index (Phi) is 20.5. The van der Waals surface area contributed by atoms with Crippen molar-refractivity contribution in [2.45, 2.75) is 20.8 Å². The molecule has 3 aromatic heterocycles. The minimum atomic E-state index is -0.450. The third kappa shape index (κ3) is 17.3. The number of benzene rings is 5. The first-order valence-corrected chi connectivity index (χ1v) is 23.6. The van der Waals surface area contributed by atoms with Crippen molar-refractivity contribution >= 4 is 107 Å². The number of hydrogen-bond donors (Lipinski definition) is 7. The Morgan fingerprint density at radius 3 is 1.45 bits per heavy atom. The van der Waals surface area contributed by atoms with Crippen molar-refractivity contribution in [3.05, 3.63) is 184 Å². The van der Waals surface area contributed by atoms with Crippen molar-refractivity contribution in [2.24, 2.45) is 10.7 Å². The molecule has 8 rings (SSSR count). The summed E-state index contributed by atoms with van der Waals surface area (Å²) < 4.78 is 6.88. The molecule has 8 aromatic rings. The van der Waals surface area contributed by atoms with Gasteiger partial charge >= 0.3 is 0 Å². The quantitative estimate of drug-likeness (QED) is 0.0401. The number of anilines is 7. The maximum Gasteiger partial charge on any atom is 0.256 e. The Morgan fingerprint density at radius 2 is 1.04 bits per heavy atom. The van der Waals surface area contributed by atoms with E-state index in [4.69, 9.17) is 70.8 Å². The van der Waals surface area contributed by atoms with E-state index < -0.39 is 5.56 Å². The van der Waals surface area contributed by atoms with Crippen molar-refractivity contribution < 1.29 is 9.84 Å². The van der Waals surface area contributed by atoms with Crippen LogP contribution in [-0.4, -0.2) is 40.8 Å². The second kappa shape index (κ2) is 27.3. The Balaban J connectivity index is 0.000000194. The van der Waals surface area contributed by atoms with Crippen molar-refractivity contribution in [3.8, 4) is 47.9 Å². The van der Waals surface area contributed by atoms with Crippen LogP contribution in [0.3, 0.4) is 0 Å². The Bertz CT molecular complexity index is 3590. The number of rotatable bonds is 9. The second-order valence-electron chi connectivity index (χ2n) is 15.0. The molecule has 0 spiro atoms. The molecule has 0 saturated carbocycles. The maximum absolute atomic E-state index is 11.1. The fourth-order valence-electron chi connectivity index (χ4n) is 5.89. The third-order valence-electron chi connectivity index (χ3n) is 9.25. The zero-order valence-electron chi connectivity index (χ0n) is 39.3. The lowest BCUT2D eigenvalue weighted by atomic mass is 10.1. The molecule has 0 aliphatic heterocycles. The van der Waals surface area contributed by atoms with Crippen LogP contribution >= 0.6 is 55.1 Å². The van der Waals surface area contributed by atoms with Crippen molar-refractivity contribution in [2.75, 3.05) is 21.7 Å². The third-order valence-corrected chi connectivity index (χ3v) is 11.8. The van der Waals surface area contributed by atoms with Gasteiger partial charge in [-0.05, 0) is 173 Å². The van der Waals surface area contributed by atoms with Crippen LogP contribution in [0.5, 0.6) is 17.5 Å². The number of aromatic amines is 1. The molecule has 0 unspecified atom stereocenters. The van der Waals surface area contributed by atoms with Crippen molar-refractivity contribution in [1.82, 2.24) is 29.9 Å². The minimum Gasteiger partial charge on any atom is -0.493 e. The number of halogens is 4. The van der Waals surface area contributed by atoms with Gasteiger partial charge in [0.2, 0.25) is 29.6 Å². The second-order valence-corrected chi connectivity index (χ2v) is 17.3. The highest BCUT2D eigenvalue weighted by atomic mass is 79.9. The highest BCUT2D eigenvalue weighted by molar-refractivity contribution is 9.11. The van der Waals surface area contributed by atoms with E-state index in [1.54, 1.807) is 116 Å². The van der Waals surface area contributed by atoms with Crippen LogP contribution in [0.15, 0.2) is 134 Å². The Labute approximate surface area is 455 Å². The molecule has 5 aromatic carbocycles. The molecule has 0 aliphatic rings. The molecule has 3 heterocycles. The van der Waals surface area contributed by atoms with Crippen LogP contribution in [0.1, 0.15) is 45.9 Å². The lowest BCUT2D eigenvalue weighted by Crippen LogP contribution is -2.08. The zero-order valence-corrected chi connectivity index (χ0v) is 44.0. The van der Waals surface area contributed by atoms with Gasteiger partial charge in [-0.25, -0.2) is 4.99 Å². The Morgan fingerprint density at radius 1 is 0.627 bits per heavy atom. The predicted molar refractivity (Wildman–Crippen MR) is 293 cm³/mol. The summed E-state index contributed by atoms with van der Waals surface area (Å²) in [5.74, 6) is 1.90. The van der Waals surface area contributed by atoms with Gasteiger partial charge in [-0.1, -0.05) is 23.2 Å². The fourth-order valence-corrected chi connectivity index (χ4v) is 6.71. The number of nitrogens with zero attached hydrogens (tertiary/aromatic N) is 11. The number of nitrogen functional groups attached to an aromatic ring is 1. The summed E-state index contributed by atoms with van der Waals surface area (Å²) in [7, 11) is 0. The topological polar surface area (TPSA) is 346 Å². The molecule has 20 nitrogen and oxygen atoms in total. The molecule has 372 valence electrons. The van der Waals surface area contributed by atoms with E-state index in [0.717, 1.165) is 28.6 Å². The largest absolute Gasteiger partial charge is 0.493 e. The maximum atomic E-state index is 11.1. The van der Waals surface area contributed by atoms with Gasteiger partial charge < -0.3 is 37.3 Å². The standard InChI is InChI=1S/C20H15BrN6O.C11H5BrCl2N4.C11H8N4O2.C9H9N3/c1-11-7-14(10-23)8-12(2)17(11)28-19-16(21)18(24)26-20(27-19)25-15-5-3-13(9-22)4-6-15;12-8-9(13)17-11(18-10(8)14)16-7-3-1-6(5-15)2-4-7;12-6-7-1-3-8(4-2-7)13-11-14-9(16)5-10(17)15-11;1-7(11)12-9-4-2-8(6-10)3-5-9/h3-8H,1-2H3,(H3,24,25,26,27);1-4H,(H,16,17,18);1-5H,(H3,13,14,15,16,17);2-5H,1H3,(H2,11,12). The molecule has 0 bridgehead atoms. The number of amidine groups is 1. The summed E-state index contributed by atoms with van der Waals surface area (Å²) in [5.41, 5.74) is 18.3. The van der Waals surface area contributed by atoms with Gasteiger partial charge in [0.25, 0.3) is 5.56 Å². The van der Waals surface area contributed by atoms with Crippen LogP contribution in [0.4, 0.5) is 46.4 Å². The van der Waals surface area contributed by atoms with Gasteiger partial charge in [0.15, 0.2) is 0 Å². The van der Waals surface area contributed by atoms with Crippen LogP contribution in [-0.2, 0) is 0 Å². The van der Waals surface area contributed by atoms with E-state index in [-0.39, 0.29) is 45.7 Å². The van der Waals surface area contributed by atoms with Gasteiger partial charge in [0.05, 0.1) is 80.2 Å². The summed E-state index contributed by atoms with van der Waals surface area (Å²) in [5, 5.41) is 62.2. The van der Waals surface area contributed by atoms with E-state index in [0.29, 0.717) is 59.7 Å². The number of aryl methyl sites for hydroxylation is 2. The van der Waals surface area contributed by atoms with Crippen LogP contribution in [0, 0.1) is 70.5 Å². The van der Waals surface area contributed by atoms with Gasteiger partial charge in [-0.2, -0.15) is 51.2 Å². The number of aromatic nitrogens is 6. The number of nitriles is 5. The zero-order chi connectivity index (χ0) is 54.6. The van der Waals surface area contributed by atoms with Crippen molar-refractivity contribution in [3.63, 3.8) is 0 Å². The number of nitrogens with one attached hydrogen (secondary N) is 4. The molecule has 0 aliphatic carbocycles. The van der Waals surface area contributed by atoms with Gasteiger partial charge in [0.1, 0.15) is 26.3 Å². The normalized spacial score (nSPS) is 10.0. The molecule has 9 N–H and O–H groups in total. The van der Waals surface area contributed by atoms with Gasteiger partial charge in [0, 0.05) is 17.1 Å². The van der Waals surface area contributed by atoms with Crippen LogP contribution in [0.2, 0.25) is 10.3 Å². The molecular formula is C51H37Br2Cl2N17O3. The smallest absolute Gasteiger partial charge is 0.256 e. The first-order chi connectivity index (χ1) is 35.9. The Hall–Kier alpha value is -9.60. The number of aliphatic imine (C=N–C) groups is 1. The summed E-state index contributed by atoms with van der Waals surface area (Å²) in [6.45, 7) is 5.44. The number of nitrogens with two attached hydrogens (primary N) is 2. The molecule has 75 heavy (non-hydrogen) atoms. The van der Waals surface area contributed by atoms with Crippen molar-refractivity contribution in [1.29, 1.82) is 26.3 Å². The van der Waals surface area contributed by atoms with E-state index in [1.165, 1.54) is 0 Å². The molecular weight excluding hydrogens is 1130 g/mol. The number of H-pyrrole nitrogens is 1. The predicted octanol–water partition coefficient (Wildman–Crippen LogP) is 11.5. The molecule has 0 atom stereocenters. The van der Waals surface area contributed by atoms with Gasteiger partial charge in [-0.3, -0.25) is 9.78 Å². The lowest BCUT2D eigenvalue weighted by molar-refractivity contribution is 0.452. The minimum absolute atomic E-state index is 0.139. The summed E-state index contributed by atoms with van der Waals surface area (Å²) >= 11 is 18.3. The summed E-state index contributed by atoms with van der Waals surface area (Å²) in [4.78, 5) is 37.8. The van der Waals surface area contributed by atoms with Crippen LogP contribution in [0.25, 0.3) is 0 Å². The monoisotopic (exact) mass is 1160 g/mol. The summed E-state index contributed by atoms with van der Waals surface area (Å²) in [6.07, 6.45) is 0. The highest BCUT2D eigenvalue weighted by Gasteiger charge is 2.16. The van der Waals surface area contributed by atoms with E-state index >= 15 is 0 Å². The van der Waals surface area contributed by atoms with E-state index in [9.17, 15) is 4.79 Å². The lowest BCUT2D eigenvalue weighted by Gasteiger charge is -2.14. The van der Waals surface area contributed by atoms with Gasteiger partial charge in [-0.15, -0.1) is 0 Å². The average molecular weight is 1170 g/mol. The molecule has 0 saturated heterocycles. The first-order valence-electron chi connectivity index (χ1n) is 21.2. The molecule has 0 amide bonds. The molecule has 24 heteroatoms. The highest BCUT2D eigenvalue weighted by Crippen LogP contribution is 2.36. The molecule has 0 radical (unpaired) electrons. The SMILES string of the molecule is CC(N)=Nc1ccc(C#N)cc1.Cc1cc(C#N)cc(C)c1Oc1nc(Nc2ccc(C#N)cc2)nc(N)c1Br.N#Cc1ccc(Nc2nc(Cl)c(Br)c(Cl)n2)cc1.N#Cc1ccc(Nc2nc(O)cc(=O)[nH]2)cc1. The average Bonchev–Trinajstić information content (AvgIpc) is 3.39. The first kappa shape index (κ1) is 56.3. The van der Waals surface area contributed by atoms with E-state index in [2.05, 4.69) is 94.8 Å².